The van der Waals surface area contributed by atoms with E-state index in [4.69, 9.17) is 5.26 Å². The third kappa shape index (κ3) is 2.07. The molecule has 5 nitrogen and oxygen atoms in total. The van der Waals surface area contributed by atoms with E-state index in [0.717, 1.165) is 23.4 Å². The van der Waals surface area contributed by atoms with Gasteiger partial charge in [-0.1, -0.05) is 0 Å². The number of hydrogen-bond donors (Lipinski definition) is 0. The zero-order valence-corrected chi connectivity index (χ0v) is 10.1. The Bertz CT molecular complexity index is 552. The third-order valence-electron chi connectivity index (χ3n) is 2.80. The van der Waals surface area contributed by atoms with Crippen LogP contribution in [0.2, 0.25) is 0 Å². The lowest BCUT2D eigenvalue weighted by Crippen LogP contribution is -2.24. The van der Waals surface area contributed by atoms with Gasteiger partial charge in [0.1, 0.15) is 5.52 Å². The highest BCUT2D eigenvalue weighted by Gasteiger charge is 2.12. The van der Waals surface area contributed by atoms with E-state index in [1.54, 1.807) is 12.5 Å². The zero-order valence-electron chi connectivity index (χ0n) is 10.1. The molecule has 0 atom stereocenters. The minimum absolute atomic E-state index is 0.499. The van der Waals surface area contributed by atoms with Gasteiger partial charge in [0.05, 0.1) is 24.3 Å². The lowest BCUT2D eigenvalue weighted by Gasteiger charge is -2.20. The lowest BCUT2D eigenvalue weighted by atomic mass is 10.3. The van der Waals surface area contributed by atoms with Gasteiger partial charge in [-0.05, 0) is 13.0 Å². The van der Waals surface area contributed by atoms with Crippen molar-refractivity contribution in [3.8, 4) is 6.07 Å². The molecule has 5 heteroatoms. The van der Waals surface area contributed by atoms with E-state index in [1.165, 1.54) is 0 Å². The van der Waals surface area contributed by atoms with E-state index in [2.05, 4.69) is 27.9 Å². The second-order valence-corrected chi connectivity index (χ2v) is 3.85. The van der Waals surface area contributed by atoms with Crippen LogP contribution in [0.15, 0.2) is 18.6 Å². The van der Waals surface area contributed by atoms with Crippen LogP contribution in [0.1, 0.15) is 13.3 Å². The van der Waals surface area contributed by atoms with E-state index < -0.39 is 0 Å². The Balaban J connectivity index is 2.43. The first-order chi connectivity index (χ1) is 8.27. The van der Waals surface area contributed by atoms with Gasteiger partial charge in [-0.3, -0.25) is 0 Å². The Morgan fingerprint density at radius 1 is 1.47 bits per heavy atom. The molecule has 2 heterocycles. The fourth-order valence-corrected chi connectivity index (χ4v) is 1.88. The van der Waals surface area contributed by atoms with Crippen molar-refractivity contribution < 1.29 is 0 Å². The van der Waals surface area contributed by atoms with Crippen molar-refractivity contribution in [3.63, 3.8) is 0 Å². The first-order valence-electron chi connectivity index (χ1n) is 5.65. The van der Waals surface area contributed by atoms with Gasteiger partial charge in [0.15, 0.2) is 5.82 Å². The Labute approximate surface area is 100 Å². The molecule has 0 aliphatic heterocycles. The average Bonchev–Trinajstić information content (AvgIpc) is 2.73. The molecule has 0 aromatic carbocycles. The summed E-state index contributed by atoms with van der Waals surface area (Å²) >= 11 is 0. The molecule has 2 rings (SSSR count). The van der Waals surface area contributed by atoms with Gasteiger partial charge in [0.2, 0.25) is 0 Å². The van der Waals surface area contributed by atoms with Gasteiger partial charge < -0.3 is 9.47 Å². The van der Waals surface area contributed by atoms with Crippen molar-refractivity contribution in [3.05, 3.63) is 18.6 Å². The molecule has 0 bridgehead atoms. The predicted octanol–water partition coefficient (Wildman–Crippen LogP) is 1.71. The SMILES string of the molecule is CCN(CCC#N)c1nccc2c1ncn2C. The molecule has 0 aliphatic carbocycles. The van der Waals surface area contributed by atoms with Crippen molar-refractivity contribution in [2.75, 3.05) is 18.0 Å². The highest BCUT2D eigenvalue weighted by molar-refractivity contribution is 5.86. The molecule has 0 spiro atoms. The Morgan fingerprint density at radius 2 is 2.29 bits per heavy atom. The Hall–Kier alpha value is -2.09. The summed E-state index contributed by atoms with van der Waals surface area (Å²) in [5, 5.41) is 8.66. The highest BCUT2D eigenvalue weighted by atomic mass is 15.2. The van der Waals surface area contributed by atoms with Crippen LogP contribution in [0.25, 0.3) is 11.0 Å². The smallest absolute Gasteiger partial charge is 0.156 e. The monoisotopic (exact) mass is 229 g/mol. The maximum absolute atomic E-state index is 8.66. The van der Waals surface area contributed by atoms with Gasteiger partial charge in [0, 0.05) is 26.3 Å². The number of pyridine rings is 1. The number of aromatic nitrogens is 3. The number of nitrogens with zero attached hydrogens (tertiary/aromatic N) is 5. The van der Waals surface area contributed by atoms with Crippen molar-refractivity contribution in [1.82, 2.24) is 14.5 Å². The minimum atomic E-state index is 0.499. The molecular formula is C12H15N5. The summed E-state index contributed by atoms with van der Waals surface area (Å²) in [6.07, 6.45) is 4.07. The minimum Gasteiger partial charge on any atom is -0.354 e. The normalized spacial score (nSPS) is 10.4. The quantitative estimate of drug-likeness (QED) is 0.800. The summed E-state index contributed by atoms with van der Waals surface area (Å²) in [5.74, 6) is 0.862. The van der Waals surface area contributed by atoms with Crippen molar-refractivity contribution >= 4 is 16.9 Å². The van der Waals surface area contributed by atoms with Gasteiger partial charge in [-0.25, -0.2) is 9.97 Å². The second-order valence-electron chi connectivity index (χ2n) is 3.85. The molecule has 0 saturated carbocycles. The van der Waals surface area contributed by atoms with Crippen LogP contribution < -0.4 is 4.90 Å². The molecule has 0 saturated heterocycles. The van der Waals surface area contributed by atoms with E-state index in [-0.39, 0.29) is 0 Å². The molecule has 88 valence electrons. The average molecular weight is 229 g/mol. The number of imidazole rings is 1. The van der Waals surface area contributed by atoms with Crippen molar-refractivity contribution in [2.24, 2.45) is 7.05 Å². The number of anilines is 1. The van der Waals surface area contributed by atoms with Crippen LogP contribution in [-0.4, -0.2) is 27.6 Å². The van der Waals surface area contributed by atoms with Crippen LogP contribution >= 0.6 is 0 Å². The molecule has 17 heavy (non-hydrogen) atoms. The summed E-state index contributed by atoms with van der Waals surface area (Å²) < 4.78 is 1.97. The first-order valence-corrected chi connectivity index (χ1v) is 5.65. The summed E-state index contributed by atoms with van der Waals surface area (Å²) in [5.41, 5.74) is 1.96. The van der Waals surface area contributed by atoms with Gasteiger partial charge >= 0.3 is 0 Å². The molecular weight excluding hydrogens is 214 g/mol. The summed E-state index contributed by atoms with van der Waals surface area (Å²) in [7, 11) is 1.96. The Morgan fingerprint density at radius 3 is 3.00 bits per heavy atom. The van der Waals surface area contributed by atoms with Crippen LogP contribution in [0.4, 0.5) is 5.82 Å². The van der Waals surface area contributed by atoms with Crippen LogP contribution in [0.3, 0.4) is 0 Å². The standard InChI is InChI=1S/C12H15N5/c1-3-17(8-4-6-13)12-11-10(5-7-14-12)16(2)9-15-11/h5,7,9H,3-4,8H2,1-2H3. The Kier molecular flexibility index (Phi) is 3.24. The molecule has 0 amide bonds. The zero-order chi connectivity index (χ0) is 12.3. The molecule has 0 N–H and O–H groups in total. The maximum atomic E-state index is 8.66. The molecule has 0 aliphatic rings. The van der Waals surface area contributed by atoms with Crippen LogP contribution in [0, 0.1) is 11.3 Å². The van der Waals surface area contributed by atoms with E-state index >= 15 is 0 Å². The molecule has 0 unspecified atom stereocenters. The maximum Gasteiger partial charge on any atom is 0.156 e. The number of rotatable bonds is 4. The van der Waals surface area contributed by atoms with Gasteiger partial charge in [0.25, 0.3) is 0 Å². The number of nitriles is 1. The highest BCUT2D eigenvalue weighted by Crippen LogP contribution is 2.22. The summed E-state index contributed by atoms with van der Waals surface area (Å²) in [4.78, 5) is 10.8. The number of hydrogen-bond acceptors (Lipinski definition) is 4. The number of fused-ring (bicyclic) bond motifs is 1. The van der Waals surface area contributed by atoms with E-state index in [1.807, 2.05) is 17.7 Å². The molecule has 2 aromatic heterocycles. The second kappa shape index (κ2) is 4.83. The predicted molar refractivity (Wildman–Crippen MR) is 66.6 cm³/mol. The summed E-state index contributed by atoms with van der Waals surface area (Å²) in [6, 6.07) is 4.11. The van der Waals surface area contributed by atoms with Gasteiger partial charge in [-0.15, -0.1) is 0 Å². The fraction of sp³-hybridized carbons (Fsp3) is 0.417. The topological polar surface area (TPSA) is 57.7 Å². The number of aryl methyl sites for hydroxylation is 1. The fourth-order valence-electron chi connectivity index (χ4n) is 1.88. The van der Waals surface area contributed by atoms with E-state index in [0.29, 0.717) is 13.0 Å². The van der Waals surface area contributed by atoms with E-state index in [9.17, 15) is 0 Å². The molecule has 0 radical (unpaired) electrons. The van der Waals surface area contributed by atoms with Crippen LogP contribution in [-0.2, 0) is 7.05 Å². The lowest BCUT2D eigenvalue weighted by molar-refractivity contribution is 0.814. The van der Waals surface area contributed by atoms with Crippen molar-refractivity contribution in [1.29, 1.82) is 5.26 Å². The third-order valence-corrected chi connectivity index (χ3v) is 2.80. The van der Waals surface area contributed by atoms with Gasteiger partial charge in [-0.2, -0.15) is 5.26 Å². The summed E-state index contributed by atoms with van der Waals surface area (Å²) in [6.45, 7) is 3.57. The largest absolute Gasteiger partial charge is 0.354 e. The van der Waals surface area contributed by atoms with Crippen LogP contribution in [0.5, 0.6) is 0 Å². The van der Waals surface area contributed by atoms with Crippen molar-refractivity contribution in [2.45, 2.75) is 13.3 Å². The first kappa shape index (κ1) is 11.4. The molecule has 2 aromatic rings. The molecule has 0 fully saturated rings.